The van der Waals surface area contributed by atoms with Crippen LogP contribution in [0.3, 0.4) is 0 Å². The quantitative estimate of drug-likeness (QED) is 0.635. The number of hydrogen-bond acceptors (Lipinski definition) is 1. The van der Waals surface area contributed by atoms with Crippen molar-refractivity contribution in [1.82, 2.24) is 4.90 Å². The van der Waals surface area contributed by atoms with E-state index in [0.717, 1.165) is 5.92 Å². The van der Waals surface area contributed by atoms with Crippen molar-refractivity contribution in [3.8, 4) is 0 Å². The normalized spacial score (nSPS) is 21.7. The minimum Gasteiger partial charge on any atom is -0.298 e. The third kappa shape index (κ3) is 2.98. The summed E-state index contributed by atoms with van der Waals surface area (Å²) in [6.07, 6.45) is 1.28. The number of likely N-dealkylation sites (tertiary alicyclic amines) is 1. The molecule has 1 rings (SSSR count). The lowest BCUT2D eigenvalue weighted by Crippen LogP contribution is -2.57. The molecule has 1 heteroatoms. The maximum atomic E-state index is 2.61. The fourth-order valence-corrected chi connectivity index (χ4v) is 2.60. The van der Waals surface area contributed by atoms with Gasteiger partial charge in [-0.25, -0.2) is 0 Å². The van der Waals surface area contributed by atoms with E-state index in [4.69, 9.17) is 0 Å². The lowest BCUT2D eigenvalue weighted by atomic mass is 9.78. The fraction of sp³-hybridized carbons (Fsp3) is 1.00. The molecule has 1 aliphatic rings. The minimum atomic E-state index is 0.394. The van der Waals surface area contributed by atoms with Gasteiger partial charge in [0.05, 0.1) is 0 Å². The van der Waals surface area contributed by atoms with Crippen LogP contribution in [-0.2, 0) is 0 Å². The van der Waals surface area contributed by atoms with Gasteiger partial charge in [0, 0.05) is 18.6 Å². The lowest BCUT2D eigenvalue weighted by Gasteiger charge is -2.50. The van der Waals surface area contributed by atoms with Gasteiger partial charge in [0.25, 0.3) is 0 Å². The standard InChI is InChI=1S/C12H25N/c1-10-7-13(8-10)12(5,6)9-11(2,3)4/h10H,7-9H2,1-6H3. The maximum absolute atomic E-state index is 2.61. The molecule has 0 spiro atoms. The molecule has 0 aromatic rings. The number of hydrogen-bond donors (Lipinski definition) is 0. The SMILES string of the molecule is CC1CN(C(C)(C)CC(C)(C)C)C1. The van der Waals surface area contributed by atoms with Crippen molar-refractivity contribution in [2.24, 2.45) is 11.3 Å². The molecule has 1 aliphatic heterocycles. The Morgan fingerprint density at radius 1 is 1.08 bits per heavy atom. The smallest absolute Gasteiger partial charge is 0.0158 e. The first-order valence-electron chi connectivity index (χ1n) is 5.46. The second-order valence-electron chi connectivity index (χ2n) is 6.56. The number of rotatable bonds is 2. The minimum absolute atomic E-state index is 0.394. The van der Waals surface area contributed by atoms with Gasteiger partial charge in [0.1, 0.15) is 0 Å². The predicted octanol–water partition coefficient (Wildman–Crippen LogP) is 3.15. The third-order valence-electron chi connectivity index (χ3n) is 2.88. The third-order valence-corrected chi connectivity index (χ3v) is 2.88. The van der Waals surface area contributed by atoms with Crippen LogP contribution in [0.25, 0.3) is 0 Å². The first kappa shape index (κ1) is 11.0. The second-order valence-corrected chi connectivity index (χ2v) is 6.56. The van der Waals surface area contributed by atoms with Crippen molar-refractivity contribution >= 4 is 0 Å². The van der Waals surface area contributed by atoms with Crippen molar-refractivity contribution in [2.45, 2.75) is 53.5 Å². The van der Waals surface area contributed by atoms with Gasteiger partial charge in [0.2, 0.25) is 0 Å². The van der Waals surface area contributed by atoms with E-state index in [1.54, 1.807) is 0 Å². The largest absolute Gasteiger partial charge is 0.298 e. The molecule has 0 unspecified atom stereocenters. The van der Waals surface area contributed by atoms with Gasteiger partial charge in [-0.1, -0.05) is 27.7 Å². The monoisotopic (exact) mass is 183 g/mol. The topological polar surface area (TPSA) is 3.24 Å². The van der Waals surface area contributed by atoms with Crippen LogP contribution >= 0.6 is 0 Å². The molecular formula is C12H25N. The summed E-state index contributed by atoms with van der Waals surface area (Å²) in [6.45, 7) is 16.7. The highest BCUT2D eigenvalue weighted by atomic mass is 15.2. The van der Waals surface area contributed by atoms with Crippen molar-refractivity contribution in [3.63, 3.8) is 0 Å². The van der Waals surface area contributed by atoms with Gasteiger partial charge in [-0.05, 0) is 31.6 Å². The molecular weight excluding hydrogens is 158 g/mol. The van der Waals surface area contributed by atoms with Gasteiger partial charge in [-0.15, -0.1) is 0 Å². The first-order valence-corrected chi connectivity index (χ1v) is 5.46. The Balaban J connectivity index is 2.47. The molecule has 13 heavy (non-hydrogen) atoms. The summed E-state index contributed by atoms with van der Waals surface area (Å²) in [5.74, 6) is 0.916. The average Bonchev–Trinajstić information content (AvgIpc) is 1.74. The zero-order valence-corrected chi connectivity index (χ0v) is 10.1. The van der Waals surface area contributed by atoms with Crippen molar-refractivity contribution < 1.29 is 0 Å². The van der Waals surface area contributed by atoms with E-state index in [1.807, 2.05) is 0 Å². The molecule has 0 saturated carbocycles. The maximum Gasteiger partial charge on any atom is 0.0158 e. The Morgan fingerprint density at radius 3 is 1.85 bits per heavy atom. The van der Waals surface area contributed by atoms with Crippen LogP contribution in [0.2, 0.25) is 0 Å². The van der Waals surface area contributed by atoms with Crippen LogP contribution in [0.1, 0.15) is 48.0 Å². The number of nitrogens with zero attached hydrogens (tertiary/aromatic N) is 1. The molecule has 78 valence electrons. The van der Waals surface area contributed by atoms with Gasteiger partial charge < -0.3 is 0 Å². The van der Waals surface area contributed by atoms with Crippen LogP contribution in [0.4, 0.5) is 0 Å². The van der Waals surface area contributed by atoms with Crippen LogP contribution < -0.4 is 0 Å². The molecule has 0 atom stereocenters. The molecule has 0 bridgehead atoms. The molecule has 0 radical (unpaired) electrons. The Morgan fingerprint density at radius 2 is 1.54 bits per heavy atom. The summed E-state index contributed by atoms with van der Waals surface area (Å²) in [5, 5.41) is 0. The van der Waals surface area contributed by atoms with E-state index in [2.05, 4.69) is 46.4 Å². The van der Waals surface area contributed by atoms with Gasteiger partial charge >= 0.3 is 0 Å². The summed E-state index contributed by atoms with van der Waals surface area (Å²) >= 11 is 0. The van der Waals surface area contributed by atoms with E-state index in [0.29, 0.717) is 11.0 Å². The highest BCUT2D eigenvalue weighted by molar-refractivity contribution is 4.92. The van der Waals surface area contributed by atoms with Crippen LogP contribution in [0, 0.1) is 11.3 Å². The van der Waals surface area contributed by atoms with Crippen LogP contribution in [0.15, 0.2) is 0 Å². The van der Waals surface area contributed by atoms with Crippen LogP contribution in [-0.4, -0.2) is 23.5 Å². The van der Waals surface area contributed by atoms with Crippen molar-refractivity contribution in [3.05, 3.63) is 0 Å². The fourth-order valence-electron chi connectivity index (χ4n) is 2.60. The van der Waals surface area contributed by atoms with Gasteiger partial charge in [-0.2, -0.15) is 0 Å². The zero-order valence-electron chi connectivity index (χ0n) is 10.1. The van der Waals surface area contributed by atoms with Gasteiger partial charge in [-0.3, -0.25) is 4.90 Å². The molecule has 1 nitrogen and oxygen atoms in total. The second kappa shape index (κ2) is 3.27. The Labute approximate surface area is 83.5 Å². The predicted molar refractivity (Wildman–Crippen MR) is 58.9 cm³/mol. The van der Waals surface area contributed by atoms with Gasteiger partial charge in [0.15, 0.2) is 0 Å². The van der Waals surface area contributed by atoms with Crippen LogP contribution in [0.5, 0.6) is 0 Å². The van der Waals surface area contributed by atoms with E-state index >= 15 is 0 Å². The first-order chi connectivity index (χ1) is 5.71. The van der Waals surface area contributed by atoms with Crippen molar-refractivity contribution in [1.29, 1.82) is 0 Å². The molecule has 1 fully saturated rings. The summed E-state index contributed by atoms with van der Waals surface area (Å²) < 4.78 is 0. The van der Waals surface area contributed by atoms with E-state index in [-0.39, 0.29) is 0 Å². The summed E-state index contributed by atoms with van der Waals surface area (Å²) in [4.78, 5) is 2.61. The molecule has 0 aliphatic carbocycles. The van der Waals surface area contributed by atoms with E-state index < -0.39 is 0 Å². The average molecular weight is 183 g/mol. The zero-order chi connectivity index (χ0) is 10.3. The van der Waals surface area contributed by atoms with E-state index in [1.165, 1.54) is 19.5 Å². The highest BCUT2D eigenvalue weighted by Gasteiger charge is 2.37. The molecule has 0 amide bonds. The highest BCUT2D eigenvalue weighted by Crippen LogP contribution is 2.34. The molecule has 1 heterocycles. The lowest BCUT2D eigenvalue weighted by molar-refractivity contribution is -0.0105. The molecule has 0 aromatic heterocycles. The Bertz CT molecular complexity index is 170. The van der Waals surface area contributed by atoms with E-state index in [9.17, 15) is 0 Å². The summed E-state index contributed by atoms with van der Waals surface area (Å²) in [6, 6.07) is 0. The summed E-state index contributed by atoms with van der Waals surface area (Å²) in [5.41, 5.74) is 0.840. The molecule has 0 N–H and O–H groups in total. The summed E-state index contributed by atoms with van der Waals surface area (Å²) in [7, 11) is 0. The Kier molecular flexibility index (Phi) is 2.78. The molecule has 0 aromatic carbocycles. The Hall–Kier alpha value is -0.0400. The van der Waals surface area contributed by atoms with Crippen molar-refractivity contribution in [2.75, 3.05) is 13.1 Å². The molecule has 1 saturated heterocycles.